The first-order valence-electron chi connectivity index (χ1n) is 5.71. The molecular weight excluding hydrogens is 226 g/mol. The van der Waals surface area contributed by atoms with Crippen LogP contribution in [0, 0.1) is 0 Å². The zero-order valence-electron chi connectivity index (χ0n) is 10.0. The molecule has 0 heterocycles. The van der Waals surface area contributed by atoms with Crippen molar-refractivity contribution in [1.82, 2.24) is 16.0 Å². The molecule has 1 unspecified atom stereocenters. The maximum absolute atomic E-state index is 11.2. The molecule has 5 N–H and O–H groups in total. The zero-order valence-corrected chi connectivity index (χ0v) is 10.0. The number of amides is 2. The van der Waals surface area contributed by atoms with E-state index in [0.717, 1.165) is 19.5 Å². The van der Waals surface area contributed by atoms with Crippen molar-refractivity contribution in [2.45, 2.75) is 25.9 Å². The van der Waals surface area contributed by atoms with Crippen LogP contribution >= 0.6 is 0 Å². The lowest BCUT2D eigenvalue weighted by atomic mass is 10.2. The second-order valence-electron chi connectivity index (χ2n) is 3.53. The molecule has 0 spiro atoms. The van der Waals surface area contributed by atoms with Crippen molar-refractivity contribution in [1.29, 1.82) is 0 Å². The minimum atomic E-state index is -1.43. The molecular formula is C10H21N3O4. The van der Waals surface area contributed by atoms with Gasteiger partial charge in [-0.2, -0.15) is 0 Å². The molecule has 0 aromatic carbocycles. The van der Waals surface area contributed by atoms with Gasteiger partial charge < -0.3 is 26.2 Å². The topological polar surface area (TPSA) is 111 Å². The molecule has 0 aliphatic carbocycles. The Bertz CT molecular complexity index is 236. The van der Waals surface area contributed by atoms with Crippen molar-refractivity contribution < 1.29 is 19.8 Å². The number of carboxylic acid groups (broad SMARTS) is 1. The number of hydrogen-bond acceptors (Lipinski definition) is 4. The standard InChI is InChI=1S/C10H21N3O4/c1-2-11-5-3-6-12-10(17)13-7-4-8(14)9(15)16/h8,11,14H,2-7H2,1H3,(H,15,16)(H2,12,13,17). The largest absolute Gasteiger partial charge is 0.479 e. The molecule has 0 saturated carbocycles. The van der Waals surface area contributed by atoms with Crippen molar-refractivity contribution in [3.63, 3.8) is 0 Å². The number of rotatable bonds is 9. The molecule has 100 valence electrons. The van der Waals surface area contributed by atoms with Crippen molar-refractivity contribution in [2.75, 3.05) is 26.2 Å². The van der Waals surface area contributed by atoms with Gasteiger partial charge in [-0.15, -0.1) is 0 Å². The first kappa shape index (κ1) is 15.7. The summed E-state index contributed by atoms with van der Waals surface area (Å²) >= 11 is 0. The second kappa shape index (κ2) is 9.86. The Morgan fingerprint density at radius 3 is 2.41 bits per heavy atom. The van der Waals surface area contributed by atoms with Gasteiger partial charge in [-0.25, -0.2) is 9.59 Å². The van der Waals surface area contributed by atoms with Gasteiger partial charge >= 0.3 is 12.0 Å². The zero-order chi connectivity index (χ0) is 13.1. The fourth-order valence-electron chi connectivity index (χ4n) is 1.10. The lowest BCUT2D eigenvalue weighted by Gasteiger charge is -2.09. The first-order chi connectivity index (χ1) is 8.07. The highest BCUT2D eigenvalue weighted by molar-refractivity contribution is 5.74. The van der Waals surface area contributed by atoms with Crippen LogP contribution in [0.3, 0.4) is 0 Å². The van der Waals surface area contributed by atoms with Gasteiger partial charge in [0.2, 0.25) is 0 Å². The smallest absolute Gasteiger partial charge is 0.332 e. The van der Waals surface area contributed by atoms with Gasteiger partial charge in [0.25, 0.3) is 0 Å². The van der Waals surface area contributed by atoms with E-state index in [1.54, 1.807) is 0 Å². The van der Waals surface area contributed by atoms with Crippen LogP contribution in [0.25, 0.3) is 0 Å². The second-order valence-corrected chi connectivity index (χ2v) is 3.53. The summed E-state index contributed by atoms with van der Waals surface area (Å²) in [7, 11) is 0. The normalized spacial score (nSPS) is 11.9. The molecule has 0 aromatic rings. The van der Waals surface area contributed by atoms with E-state index in [-0.39, 0.29) is 19.0 Å². The predicted molar refractivity (Wildman–Crippen MR) is 62.8 cm³/mol. The molecule has 7 heteroatoms. The summed E-state index contributed by atoms with van der Waals surface area (Å²) in [5, 5.41) is 25.5. The number of aliphatic hydroxyl groups is 1. The van der Waals surface area contributed by atoms with Gasteiger partial charge in [0.1, 0.15) is 0 Å². The number of aliphatic carboxylic acids is 1. The predicted octanol–water partition coefficient (Wildman–Crippen LogP) is -0.879. The quantitative estimate of drug-likeness (QED) is 0.340. The van der Waals surface area contributed by atoms with E-state index in [1.165, 1.54) is 0 Å². The fraction of sp³-hybridized carbons (Fsp3) is 0.800. The monoisotopic (exact) mass is 247 g/mol. The number of urea groups is 1. The molecule has 0 radical (unpaired) electrons. The molecule has 0 fully saturated rings. The third-order valence-electron chi connectivity index (χ3n) is 2.05. The van der Waals surface area contributed by atoms with Crippen LogP contribution in [0.1, 0.15) is 19.8 Å². The minimum Gasteiger partial charge on any atom is -0.479 e. The maximum Gasteiger partial charge on any atom is 0.332 e. The number of carbonyl (C=O) groups is 2. The Morgan fingerprint density at radius 1 is 1.18 bits per heavy atom. The summed E-state index contributed by atoms with van der Waals surface area (Å²) in [4.78, 5) is 21.4. The summed E-state index contributed by atoms with van der Waals surface area (Å²) < 4.78 is 0. The SMILES string of the molecule is CCNCCCNC(=O)NCCC(O)C(=O)O. The molecule has 17 heavy (non-hydrogen) atoms. The van der Waals surface area contributed by atoms with Crippen LogP contribution in [0.5, 0.6) is 0 Å². The summed E-state index contributed by atoms with van der Waals surface area (Å²) in [5.74, 6) is -1.28. The van der Waals surface area contributed by atoms with Crippen LogP contribution in [0.15, 0.2) is 0 Å². The third kappa shape index (κ3) is 9.58. The Morgan fingerprint density at radius 2 is 1.82 bits per heavy atom. The summed E-state index contributed by atoms with van der Waals surface area (Å²) in [6.45, 7) is 4.44. The fourth-order valence-corrected chi connectivity index (χ4v) is 1.10. The Kier molecular flexibility index (Phi) is 9.08. The van der Waals surface area contributed by atoms with Gasteiger partial charge in [-0.1, -0.05) is 6.92 Å². The molecule has 0 aromatic heterocycles. The van der Waals surface area contributed by atoms with E-state index < -0.39 is 12.1 Å². The highest BCUT2D eigenvalue weighted by Crippen LogP contribution is 1.88. The number of carbonyl (C=O) groups excluding carboxylic acids is 1. The molecule has 0 aliphatic rings. The van der Waals surface area contributed by atoms with Crippen molar-refractivity contribution >= 4 is 12.0 Å². The Labute approximate surface area is 101 Å². The van der Waals surface area contributed by atoms with E-state index >= 15 is 0 Å². The van der Waals surface area contributed by atoms with Gasteiger partial charge in [-0.3, -0.25) is 0 Å². The number of hydrogen-bond donors (Lipinski definition) is 5. The number of carboxylic acids is 1. The molecule has 1 atom stereocenters. The van der Waals surface area contributed by atoms with Gasteiger partial charge in [0.15, 0.2) is 6.10 Å². The number of aliphatic hydroxyl groups excluding tert-OH is 1. The van der Waals surface area contributed by atoms with E-state index in [9.17, 15) is 9.59 Å². The van der Waals surface area contributed by atoms with E-state index in [1.807, 2.05) is 6.92 Å². The lowest BCUT2D eigenvalue weighted by Crippen LogP contribution is -2.38. The van der Waals surface area contributed by atoms with Crippen molar-refractivity contribution in [3.05, 3.63) is 0 Å². The third-order valence-corrected chi connectivity index (χ3v) is 2.05. The highest BCUT2D eigenvalue weighted by atomic mass is 16.4. The van der Waals surface area contributed by atoms with E-state index in [2.05, 4.69) is 16.0 Å². The minimum absolute atomic E-state index is 0.000142. The van der Waals surface area contributed by atoms with Crippen LogP contribution in [-0.4, -0.2) is 54.5 Å². The van der Waals surface area contributed by atoms with Crippen LogP contribution < -0.4 is 16.0 Å². The van der Waals surface area contributed by atoms with E-state index in [4.69, 9.17) is 10.2 Å². The first-order valence-corrected chi connectivity index (χ1v) is 5.71. The Hall–Kier alpha value is -1.34. The van der Waals surface area contributed by atoms with E-state index in [0.29, 0.717) is 6.54 Å². The summed E-state index contributed by atoms with van der Waals surface area (Å²) in [6, 6.07) is -0.348. The molecule has 0 aliphatic heterocycles. The van der Waals surface area contributed by atoms with Crippen LogP contribution in [-0.2, 0) is 4.79 Å². The average molecular weight is 247 g/mol. The molecule has 0 saturated heterocycles. The van der Waals surface area contributed by atoms with Crippen molar-refractivity contribution in [3.8, 4) is 0 Å². The Balaban J connectivity index is 3.38. The molecule has 7 nitrogen and oxygen atoms in total. The van der Waals surface area contributed by atoms with Gasteiger partial charge in [-0.05, 0) is 19.5 Å². The highest BCUT2D eigenvalue weighted by Gasteiger charge is 2.12. The summed E-state index contributed by atoms with van der Waals surface area (Å²) in [6.07, 6.45) is -0.594. The van der Waals surface area contributed by atoms with Crippen LogP contribution in [0.4, 0.5) is 4.79 Å². The van der Waals surface area contributed by atoms with Crippen molar-refractivity contribution in [2.24, 2.45) is 0 Å². The number of nitrogens with one attached hydrogen (secondary N) is 3. The van der Waals surface area contributed by atoms with Crippen LogP contribution in [0.2, 0.25) is 0 Å². The maximum atomic E-state index is 11.2. The van der Waals surface area contributed by atoms with Gasteiger partial charge in [0.05, 0.1) is 0 Å². The lowest BCUT2D eigenvalue weighted by molar-refractivity contribution is -0.146. The molecule has 0 bridgehead atoms. The summed E-state index contributed by atoms with van der Waals surface area (Å²) in [5.41, 5.74) is 0. The average Bonchev–Trinajstić information content (AvgIpc) is 2.28. The molecule has 2 amide bonds. The molecule has 0 rings (SSSR count). The van der Waals surface area contributed by atoms with Gasteiger partial charge in [0, 0.05) is 19.5 Å².